The van der Waals surface area contributed by atoms with Gasteiger partial charge < -0.3 is 15.0 Å². The highest BCUT2D eigenvalue weighted by Gasteiger charge is 2.25. The van der Waals surface area contributed by atoms with Crippen LogP contribution >= 0.6 is 0 Å². The third kappa shape index (κ3) is 4.95. The zero-order valence-electron chi connectivity index (χ0n) is 18.4. The van der Waals surface area contributed by atoms with E-state index in [1.807, 2.05) is 33.8 Å². The minimum Gasteiger partial charge on any atom is -0.450 e. The number of nitrogens with one attached hydrogen (secondary N) is 1. The van der Waals surface area contributed by atoms with Gasteiger partial charge in [0.25, 0.3) is 5.95 Å². The number of piperidine rings is 1. The second-order valence-electron chi connectivity index (χ2n) is 7.72. The Balaban J connectivity index is 1.62. The van der Waals surface area contributed by atoms with E-state index in [2.05, 4.69) is 20.4 Å². The molecule has 0 aromatic carbocycles. The number of amides is 2. The molecule has 0 radical (unpaired) electrons. The molecule has 2 aromatic heterocycles. The Kier molecular flexibility index (Phi) is 6.69. The fourth-order valence-electron chi connectivity index (χ4n) is 3.79. The van der Waals surface area contributed by atoms with Crippen molar-refractivity contribution in [1.82, 2.24) is 30.0 Å². The fourth-order valence-corrected chi connectivity index (χ4v) is 3.79. The molecule has 1 aliphatic rings. The molecule has 162 valence electrons. The van der Waals surface area contributed by atoms with Gasteiger partial charge in [0.05, 0.1) is 18.7 Å². The maximum Gasteiger partial charge on any atom is 0.409 e. The molecular formula is C21H30N6O3. The lowest BCUT2D eigenvalue weighted by molar-refractivity contribution is -0.121. The summed E-state index contributed by atoms with van der Waals surface area (Å²) in [6, 6.07) is 1.97. The van der Waals surface area contributed by atoms with Crippen molar-refractivity contribution < 1.29 is 14.3 Å². The molecule has 9 nitrogen and oxygen atoms in total. The second-order valence-corrected chi connectivity index (χ2v) is 7.72. The van der Waals surface area contributed by atoms with Gasteiger partial charge in [-0.1, -0.05) is 0 Å². The molecule has 0 bridgehead atoms. The quantitative estimate of drug-likeness (QED) is 0.805. The van der Waals surface area contributed by atoms with Gasteiger partial charge in [0.15, 0.2) is 0 Å². The van der Waals surface area contributed by atoms with E-state index < -0.39 is 0 Å². The van der Waals surface area contributed by atoms with Crippen LogP contribution in [-0.4, -0.2) is 62.4 Å². The molecule has 1 aliphatic heterocycles. The Hall–Kier alpha value is -2.97. The van der Waals surface area contributed by atoms with Gasteiger partial charge in [-0.05, 0) is 53.5 Å². The standard InChI is InChI=1S/C21H30N6O3/c1-6-30-21(29)26-9-7-17(8-10-26)24-19(28)12-18-15(4)25-27(16(18)5)20-22-13(2)11-14(3)23-20/h11,17H,6-10,12H2,1-5H3,(H,24,28). The highest BCUT2D eigenvalue weighted by molar-refractivity contribution is 5.79. The Morgan fingerprint density at radius 2 is 1.77 bits per heavy atom. The summed E-state index contributed by atoms with van der Waals surface area (Å²) < 4.78 is 6.74. The van der Waals surface area contributed by atoms with Crippen molar-refractivity contribution in [2.45, 2.75) is 59.9 Å². The summed E-state index contributed by atoms with van der Waals surface area (Å²) in [5.74, 6) is 0.475. The molecule has 3 rings (SSSR count). The largest absolute Gasteiger partial charge is 0.450 e. The minimum absolute atomic E-state index is 0.0447. The Morgan fingerprint density at radius 1 is 1.13 bits per heavy atom. The number of aromatic nitrogens is 4. The van der Waals surface area contributed by atoms with E-state index >= 15 is 0 Å². The van der Waals surface area contributed by atoms with E-state index in [0.29, 0.717) is 25.6 Å². The highest BCUT2D eigenvalue weighted by Crippen LogP contribution is 2.18. The van der Waals surface area contributed by atoms with Crippen molar-refractivity contribution in [3.63, 3.8) is 0 Å². The number of nitrogens with zero attached hydrogens (tertiary/aromatic N) is 5. The van der Waals surface area contributed by atoms with Gasteiger partial charge in [-0.15, -0.1) is 0 Å². The number of aryl methyl sites for hydroxylation is 3. The third-order valence-electron chi connectivity index (χ3n) is 5.32. The first-order valence-electron chi connectivity index (χ1n) is 10.4. The van der Waals surface area contributed by atoms with E-state index in [0.717, 1.165) is 41.2 Å². The molecule has 1 fully saturated rings. The van der Waals surface area contributed by atoms with Gasteiger partial charge in [-0.25, -0.2) is 19.4 Å². The molecule has 0 aliphatic carbocycles. The Morgan fingerprint density at radius 3 is 2.37 bits per heavy atom. The highest BCUT2D eigenvalue weighted by atomic mass is 16.6. The average Bonchev–Trinajstić information content (AvgIpc) is 2.96. The predicted molar refractivity (Wildman–Crippen MR) is 112 cm³/mol. The molecule has 0 unspecified atom stereocenters. The van der Waals surface area contributed by atoms with Crippen LogP contribution in [0.3, 0.4) is 0 Å². The van der Waals surface area contributed by atoms with Crippen LogP contribution in [0.4, 0.5) is 4.79 Å². The van der Waals surface area contributed by atoms with Crippen LogP contribution in [0.15, 0.2) is 6.07 Å². The number of hydrogen-bond acceptors (Lipinski definition) is 6. The summed E-state index contributed by atoms with van der Waals surface area (Å²) in [5, 5.41) is 7.66. The van der Waals surface area contributed by atoms with Gasteiger partial charge in [0.2, 0.25) is 5.91 Å². The lowest BCUT2D eigenvalue weighted by Gasteiger charge is -2.31. The second kappa shape index (κ2) is 9.23. The number of carbonyl (C=O) groups excluding carboxylic acids is 2. The summed E-state index contributed by atoms with van der Waals surface area (Å²) in [6.45, 7) is 11.0. The molecule has 9 heteroatoms. The summed E-state index contributed by atoms with van der Waals surface area (Å²) in [7, 11) is 0. The zero-order valence-corrected chi connectivity index (χ0v) is 18.4. The predicted octanol–water partition coefficient (Wildman–Crippen LogP) is 2.18. The minimum atomic E-state index is -0.283. The lowest BCUT2D eigenvalue weighted by atomic mass is 10.0. The van der Waals surface area contributed by atoms with Crippen LogP contribution in [0.25, 0.3) is 5.95 Å². The Bertz CT molecular complexity index is 911. The number of ether oxygens (including phenoxy) is 1. The van der Waals surface area contributed by atoms with E-state index in [1.54, 1.807) is 16.5 Å². The summed E-state index contributed by atoms with van der Waals surface area (Å²) in [5.41, 5.74) is 4.29. The van der Waals surface area contributed by atoms with Gasteiger partial charge in [-0.2, -0.15) is 5.10 Å². The fraction of sp³-hybridized carbons (Fsp3) is 0.571. The topological polar surface area (TPSA) is 102 Å². The summed E-state index contributed by atoms with van der Waals surface area (Å²) in [4.78, 5) is 35.1. The monoisotopic (exact) mass is 414 g/mol. The lowest BCUT2D eigenvalue weighted by Crippen LogP contribution is -2.47. The molecule has 2 aromatic rings. The molecule has 0 saturated carbocycles. The Labute approximate surface area is 176 Å². The average molecular weight is 415 g/mol. The van der Waals surface area contributed by atoms with Crippen LogP contribution in [0.2, 0.25) is 0 Å². The van der Waals surface area contributed by atoms with Crippen LogP contribution in [-0.2, 0) is 16.0 Å². The van der Waals surface area contributed by atoms with Gasteiger partial charge in [0, 0.05) is 41.8 Å². The van der Waals surface area contributed by atoms with Crippen molar-refractivity contribution in [3.8, 4) is 5.95 Å². The first-order valence-corrected chi connectivity index (χ1v) is 10.4. The van der Waals surface area contributed by atoms with Crippen molar-refractivity contribution >= 4 is 12.0 Å². The van der Waals surface area contributed by atoms with Crippen LogP contribution in [0.1, 0.15) is 48.1 Å². The molecule has 0 spiro atoms. The van der Waals surface area contributed by atoms with Crippen molar-refractivity contribution in [2.24, 2.45) is 0 Å². The van der Waals surface area contributed by atoms with Crippen LogP contribution in [0, 0.1) is 27.7 Å². The number of likely N-dealkylation sites (tertiary alicyclic amines) is 1. The molecule has 3 heterocycles. The SMILES string of the molecule is CCOC(=O)N1CCC(NC(=O)Cc2c(C)nn(-c3nc(C)cc(C)n3)c2C)CC1. The summed E-state index contributed by atoms with van der Waals surface area (Å²) in [6.07, 6.45) is 1.41. The smallest absolute Gasteiger partial charge is 0.409 e. The number of rotatable bonds is 5. The molecule has 30 heavy (non-hydrogen) atoms. The maximum absolute atomic E-state index is 12.7. The third-order valence-corrected chi connectivity index (χ3v) is 5.32. The van der Waals surface area contributed by atoms with Crippen molar-refractivity contribution in [1.29, 1.82) is 0 Å². The van der Waals surface area contributed by atoms with Crippen LogP contribution in [0.5, 0.6) is 0 Å². The van der Waals surface area contributed by atoms with Gasteiger partial charge in [0.1, 0.15) is 0 Å². The summed E-state index contributed by atoms with van der Waals surface area (Å²) >= 11 is 0. The molecule has 1 saturated heterocycles. The molecule has 0 atom stereocenters. The first-order chi connectivity index (χ1) is 14.3. The van der Waals surface area contributed by atoms with Crippen molar-refractivity contribution in [2.75, 3.05) is 19.7 Å². The zero-order chi connectivity index (χ0) is 21.8. The molecule has 2 amide bonds. The normalized spacial score (nSPS) is 14.6. The number of hydrogen-bond donors (Lipinski definition) is 1. The molecular weight excluding hydrogens is 384 g/mol. The first kappa shape index (κ1) is 21.7. The van der Waals surface area contributed by atoms with Gasteiger partial charge in [-0.3, -0.25) is 4.79 Å². The van der Waals surface area contributed by atoms with E-state index in [-0.39, 0.29) is 24.5 Å². The van der Waals surface area contributed by atoms with Crippen LogP contribution < -0.4 is 5.32 Å². The van der Waals surface area contributed by atoms with Gasteiger partial charge >= 0.3 is 6.09 Å². The van der Waals surface area contributed by atoms with E-state index in [1.165, 1.54) is 0 Å². The van der Waals surface area contributed by atoms with E-state index in [9.17, 15) is 9.59 Å². The number of carbonyl (C=O) groups is 2. The van der Waals surface area contributed by atoms with E-state index in [4.69, 9.17) is 4.74 Å². The molecule has 1 N–H and O–H groups in total. The maximum atomic E-state index is 12.7. The van der Waals surface area contributed by atoms with Crippen molar-refractivity contribution in [3.05, 3.63) is 34.4 Å².